The van der Waals surface area contributed by atoms with Crippen molar-refractivity contribution in [3.8, 4) is 0 Å². The molecule has 1 heterocycles. The van der Waals surface area contributed by atoms with Gasteiger partial charge in [-0.05, 0) is 55.8 Å². The number of rotatable bonds is 4. The molecule has 1 aliphatic rings. The van der Waals surface area contributed by atoms with Crippen LogP contribution >= 0.6 is 24.0 Å². The first-order valence-corrected chi connectivity index (χ1v) is 8.69. The Labute approximate surface area is 163 Å². The minimum Gasteiger partial charge on any atom is -0.348 e. The first-order chi connectivity index (χ1) is 12.1. The average molecular weight is 394 g/mol. The van der Waals surface area contributed by atoms with E-state index in [1.165, 1.54) is 0 Å². The van der Waals surface area contributed by atoms with E-state index >= 15 is 0 Å². The van der Waals surface area contributed by atoms with Gasteiger partial charge in [0.1, 0.15) is 0 Å². The van der Waals surface area contributed by atoms with Gasteiger partial charge in [-0.25, -0.2) is 0 Å². The summed E-state index contributed by atoms with van der Waals surface area (Å²) >= 11 is 5.85. The highest BCUT2D eigenvalue weighted by Gasteiger charge is 2.19. The molecule has 2 aromatic rings. The second kappa shape index (κ2) is 9.57. The van der Waals surface area contributed by atoms with Crippen molar-refractivity contribution in [3.05, 3.63) is 64.7 Å². The van der Waals surface area contributed by atoms with E-state index in [1.807, 2.05) is 0 Å². The lowest BCUT2D eigenvalue weighted by atomic mass is 10.1. The van der Waals surface area contributed by atoms with Crippen LogP contribution < -0.4 is 16.0 Å². The number of benzene rings is 2. The number of carbonyl (C=O) groups is 2. The molecule has 1 fully saturated rings. The maximum Gasteiger partial charge on any atom is 0.255 e. The van der Waals surface area contributed by atoms with Crippen molar-refractivity contribution >= 4 is 41.5 Å². The van der Waals surface area contributed by atoms with Gasteiger partial charge in [-0.1, -0.05) is 23.7 Å². The second-order valence-electron chi connectivity index (χ2n) is 6.02. The Balaban J connectivity index is 0.00000243. The molecule has 0 spiro atoms. The second-order valence-corrected chi connectivity index (χ2v) is 6.46. The molecular weight excluding hydrogens is 373 g/mol. The standard InChI is InChI=1S/C19H20ClN3O2.ClH/c20-14-9-7-13(8-10-14)18(24)23-17-6-2-1-5-16(17)19(25)22-15-4-3-11-21-12-15;/h1-2,5-10,15,21H,3-4,11-12H2,(H,22,25)(H,23,24);1H. The zero-order valence-electron chi connectivity index (χ0n) is 14.1. The van der Waals surface area contributed by atoms with Gasteiger partial charge in [-0.2, -0.15) is 0 Å². The molecule has 3 N–H and O–H groups in total. The molecule has 0 aromatic heterocycles. The Morgan fingerprint density at radius 2 is 1.77 bits per heavy atom. The fourth-order valence-corrected chi connectivity index (χ4v) is 2.95. The summed E-state index contributed by atoms with van der Waals surface area (Å²) in [6.07, 6.45) is 2.00. The number of para-hydroxylation sites is 1. The van der Waals surface area contributed by atoms with E-state index in [1.54, 1.807) is 48.5 Å². The number of amides is 2. The molecule has 0 saturated carbocycles. The largest absolute Gasteiger partial charge is 0.348 e. The monoisotopic (exact) mass is 393 g/mol. The third-order valence-electron chi connectivity index (χ3n) is 4.16. The lowest BCUT2D eigenvalue weighted by molar-refractivity contribution is 0.0931. The Bertz CT molecular complexity index is 760. The molecule has 1 saturated heterocycles. The van der Waals surface area contributed by atoms with E-state index in [4.69, 9.17) is 11.6 Å². The topological polar surface area (TPSA) is 70.2 Å². The van der Waals surface area contributed by atoms with Crippen LogP contribution in [0.15, 0.2) is 48.5 Å². The molecule has 138 valence electrons. The number of hydrogen-bond acceptors (Lipinski definition) is 3. The van der Waals surface area contributed by atoms with Crippen molar-refractivity contribution in [3.63, 3.8) is 0 Å². The lowest BCUT2D eigenvalue weighted by Gasteiger charge is -2.24. The van der Waals surface area contributed by atoms with Gasteiger partial charge in [0.05, 0.1) is 11.3 Å². The van der Waals surface area contributed by atoms with Crippen LogP contribution in [0.5, 0.6) is 0 Å². The van der Waals surface area contributed by atoms with E-state index in [0.717, 1.165) is 25.9 Å². The normalized spacial score (nSPS) is 16.3. The van der Waals surface area contributed by atoms with Crippen molar-refractivity contribution < 1.29 is 9.59 Å². The minimum atomic E-state index is -0.281. The number of anilines is 1. The maximum atomic E-state index is 12.6. The quantitative estimate of drug-likeness (QED) is 0.744. The van der Waals surface area contributed by atoms with Crippen LogP contribution in [-0.4, -0.2) is 30.9 Å². The summed E-state index contributed by atoms with van der Waals surface area (Å²) in [5.74, 6) is -0.461. The van der Waals surface area contributed by atoms with Crippen LogP contribution in [0.3, 0.4) is 0 Å². The summed E-state index contributed by atoms with van der Waals surface area (Å²) in [4.78, 5) is 25.0. The highest BCUT2D eigenvalue weighted by atomic mass is 35.5. The van der Waals surface area contributed by atoms with Crippen LogP contribution in [0.25, 0.3) is 0 Å². The maximum absolute atomic E-state index is 12.6. The molecule has 1 aliphatic heterocycles. The van der Waals surface area contributed by atoms with Gasteiger partial charge >= 0.3 is 0 Å². The molecule has 1 atom stereocenters. The Morgan fingerprint density at radius 3 is 2.46 bits per heavy atom. The summed E-state index contributed by atoms with van der Waals surface area (Å²) in [7, 11) is 0. The number of piperidine rings is 1. The predicted molar refractivity (Wildman–Crippen MR) is 106 cm³/mol. The Hall–Kier alpha value is -2.08. The summed E-state index contributed by atoms with van der Waals surface area (Å²) in [5, 5.41) is 9.67. The smallest absolute Gasteiger partial charge is 0.255 e. The van der Waals surface area contributed by atoms with Crippen LogP contribution in [0.1, 0.15) is 33.6 Å². The lowest BCUT2D eigenvalue weighted by Crippen LogP contribution is -2.45. The van der Waals surface area contributed by atoms with Gasteiger partial charge < -0.3 is 16.0 Å². The summed E-state index contributed by atoms with van der Waals surface area (Å²) < 4.78 is 0. The van der Waals surface area contributed by atoms with Gasteiger partial charge in [0.2, 0.25) is 0 Å². The van der Waals surface area contributed by atoms with E-state index in [-0.39, 0.29) is 30.3 Å². The van der Waals surface area contributed by atoms with Crippen molar-refractivity contribution in [1.29, 1.82) is 0 Å². The fourth-order valence-electron chi connectivity index (χ4n) is 2.82. The summed E-state index contributed by atoms with van der Waals surface area (Å²) in [6, 6.07) is 13.7. The molecule has 5 nitrogen and oxygen atoms in total. The molecule has 0 radical (unpaired) electrons. The van der Waals surface area contributed by atoms with Crippen molar-refractivity contribution in [2.75, 3.05) is 18.4 Å². The molecule has 2 amide bonds. The van der Waals surface area contributed by atoms with Gasteiger partial charge in [0.25, 0.3) is 11.8 Å². The zero-order valence-corrected chi connectivity index (χ0v) is 15.7. The fraction of sp³-hybridized carbons (Fsp3) is 0.263. The van der Waals surface area contributed by atoms with Crippen LogP contribution in [0.4, 0.5) is 5.69 Å². The van der Waals surface area contributed by atoms with Gasteiger partial charge in [0, 0.05) is 23.2 Å². The molecular formula is C19H21Cl2N3O2. The number of halogens is 2. The highest BCUT2D eigenvalue weighted by Crippen LogP contribution is 2.18. The van der Waals surface area contributed by atoms with Gasteiger partial charge in [-0.3, -0.25) is 9.59 Å². The third-order valence-corrected chi connectivity index (χ3v) is 4.41. The van der Waals surface area contributed by atoms with E-state index in [9.17, 15) is 9.59 Å². The van der Waals surface area contributed by atoms with Gasteiger partial charge in [0.15, 0.2) is 0 Å². The molecule has 3 rings (SSSR count). The Morgan fingerprint density at radius 1 is 1.04 bits per heavy atom. The number of nitrogens with one attached hydrogen (secondary N) is 3. The van der Waals surface area contributed by atoms with Crippen molar-refractivity contribution in [2.45, 2.75) is 18.9 Å². The SMILES string of the molecule is Cl.O=C(Nc1ccccc1C(=O)NC1CCCNC1)c1ccc(Cl)cc1. The molecule has 7 heteroatoms. The van der Waals surface area contributed by atoms with E-state index in [0.29, 0.717) is 21.8 Å². The third kappa shape index (κ3) is 5.21. The first-order valence-electron chi connectivity index (χ1n) is 8.31. The molecule has 0 aliphatic carbocycles. The number of carbonyl (C=O) groups excluding carboxylic acids is 2. The van der Waals surface area contributed by atoms with Crippen LogP contribution in [-0.2, 0) is 0 Å². The zero-order chi connectivity index (χ0) is 17.6. The predicted octanol–water partition coefficient (Wildman–Crippen LogP) is 3.50. The van der Waals surface area contributed by atoms with E-state index in [2.05, 4.69) is 16.0 Å². The summed E-state index contributed by atoms with van der Waals surface area (Å²) in [6.45, 7) is 1.76. The van der Waals surface area contributed by atoms with Crippen LogP contribution in [0.2, 0.25) is 5.02 Å². The van der Waals surface area contributed by atoms with Crippen molar-refractivity contribution in [2.24, 2.45) is 0 Å². The number of hydrogen-bond donors (Lipinski definition) is 3. The van der Waals surface area contributed by atoms with E-state index < -0.39 is 0 Å². The molecule has 2 aromatic carbocycles. The van der Waals surface area contributed by atoms with Crippen molar-refractivity contribution in [1.82, 2.24) is 10.6 Å². The van der Waals surface area contributed by atoms with Gasteiger partial charge in [-0.15, -0.1) is 12.4 Å². The molecule has 0 bridgehead atoms. The summed E-state index contributed by atoms with van der Waals surface area (Å²) in [5.41, 5.74) is 1.43. The molecule has 26 heavy (non-hydrogen) atoms. The minimum absolute atomic E-state index is 0. The molecule has 1 unspecified atom stereocenters. The van der Waals surface area contributed by atoms with Crippen LogP contribution in [0, 0.1) is 0 Å². The average Bonchev–Trinajstić information content (AvgIpc) is 2.63. The highest BCUT2D eigenvalue weighted by molar-refractivity contribution is 6.30. The first kappa shape index (κ1) is 20.2. The Kier molecular flexibility index (Phi) is 7.45.